The first-order chi connectivity index (χ1) is 13.5. The number of rotatable bonds is 7. The average Bonchev–Trinajstić information content (AvgIpc) is 3.17. The fourth-order valence-electron chi connectivity index (χ4n) is 2.61. The molecule has 0 aliphatic carbocycles. The first-order valence-corrected chi connectivity index (χ1v) is 8.66. The Morgan fingerprint density at radius 1 is 1.11 bits per heavy atom. The molecule has 1 aromatic heterocycles. The second-order valence-electron chi connectivity index (χ2n) is 6.07. The quantitative estimate of drug-likeness (QED) is 0.642. The van der Waals surface area contributed by atoms with Gasteiger partial charge in [0.15, 0.2) is 0 Å². The Kier molecular flexibility index (Phi) is 5.96. The highest BCUT2D eigenvalue weighted by Crippen LogP contribution is 2.17. The van der Waals surface area contributed by atoms with E-state index in [9.17, 15) is 14.0 Å². The van der Waals surface area contributed by atoms with Crippen LogP contribution in [-0.4, -0.2) is 28.1 Å². The van der Waals surface area contributed by atoms with Gasteiger partial charge in [0, 0.05) is 36.5 Å². The molecule has 0 saturated heterocycles. The second kappa shape index (κ2) is 8.77. The van der Waals surface area contributed by atoms with Crippen molar-refractivity contribution in [2.24, 2.45) is 5.73 Å². The largest absolute Gasteiger partial charge is 0.370 e. The molecule has 28 heavy (non-hydrogen) atoms. The summed E-state index contributed by atoms with van der Waals surface area (Å²) in [4.78, 5) is 25.2. The fourth-order valence-corrected chi connectivity index (χ4v) is 2.61. The van der Waals surface area contributed by atoms with Crippen LogP contribution in [0, 0.1) is 5.82 Å². The summed E-state index contributed by atoms with van der Waals surface area (Å²) < 4.78 is 14.9. The third-order valence-corrected chi connectivity index (χ3v) is 4.03. The van der Waals surface area contributed by atoms with Gasteiger partial charge in [-0.1, -0.05) is 18.2 Å². The number of halogens is 1. The summed E-state index contributed by atoms with van der Waals surface area (Å²) in [7, 11) is 0. The third kappa shape index (κ3) is 4.91. The lowest BCUT2D eigenvalue weighted by atomic mass is 10.2. The SMILES string of the molecule is NC(=O)CCN(C(=O)/C=C/c1cnn(-c2ccccc2)c1)c1ccc(F)cc1. The van der Waals surface area contributed by atoms with Crippen LogP contribution in [0.5, 0.6) is 0 Å². The summed E-state index contributed by atoms with van der Waals surface area (Å²) in [5.41, 5.74) is 7.33. The van der Waals surface area contributed by atoms with Crippen LogP contribution in [0.2, 0.25) is 0 Å². The summed E-state index contributed by atoms with van der Waals surface area (Å²) in [6, 6.07) is 15.1. The van der Waals surface area contributed by atoms with Crippen molar-refractivity contribution in [1.82, 2.24) is 9.78 Å². The minimum atomic E-state index is -0.520. The van der Waals surface area contributed by atoms with Crippen molar-refractivity contribution in [3.63, 3.8) is 0 Å². The molecule has 0 radical (unpaired) electrons. The van der Waals surface area contributed by atoms with E-state index in [1.54, 1.807) is 23.2 Å². The Bertz CT molecular complexity index is 981. The molecule has 142 valence electrons. The molecule has 2 N–H and O–H groups in total. The summed E-state index contributed by atoms with van der Waals surface area (Å²) in [5, 5.41) is 4.27. The summed E-state index contributed by atoms with van der Waals surface area (Å²) in [6.07, 6.45) is 6.46. The molecule has 2 aromatic carbocycles. The van der Waals surface area contributed by atoms with E-state index >= 15 is 0 Å². The highest BCUT2D eigenvalue weighted by atomic mass is 19.1. The van der Waals surface area contributed by atoms with Gasteiger partial charge in [-0.05, 0) is 42.5 Å². The molecule has 2 amide bonds. The van der Waals surface area contributed by atoms with Crippen LogP contribution in [0.15, 0.2) is 73.1 Å². The van der Waals surface area contributed by atoms with Gasteiger partial charge in [-0.2, -0.15) is 5.10 Å². The summed E-state index contributed by atoms with van der Waals surface area (Å²) in [6.45, 7) is 0.105. The van der Waals surface area contributed by atoms with E-state index in [2.05, 4.69) is 5.10 Å². The van der Waals surface area contributed by atoms with Crippen LogP contribution in [0.3, 0.4) is 0 Å². The Labute approximate surface area is 161 Å². The number of primary amides is 1. The van der Waals surface area contributed by atoms with Gasteiger partial charge in [0.25, 0.3) is 5.91 Å². The van der Waals surface area contributed by atoms with Crippen molar-refractivity contribution < 1.29 is 14.0 Å². The molecule has 0 atom stereocenters. The molecule has 0 fully saturated rings. The maximum atomic E-state index is 13.2. The van der Waals surface area contributed by atoms with Crippen LogP contribution in [0.1, 0.15) is 12.0 Å². The van der Waals surface area contributed by atoms with Crippen LogP contribution >= 0.6 is 0 Å². The topological polar surface area (TPSA) is 81.2 Å². The van der Waals surface area contributed by atoms with Crippen molar-refractivity contribution in [2.45, 2.75) is 6.42 Å². The molecule has 7 heteroatoms. The Hall–Kier alpha value is -3.74. The molecular formula is C21H19FN4O2. The number of nitrogens with two attached hydrogens (primary N) is 1. The predicted octanol–water partition coefficient (Wildman–Crippen LogP) is 2.93. The molecule has 0 saturated carbocycles. The number of anilines is 1. The number of amides is 2. The number of carbonyl (C=O) groups excluding carboxylic acids is 2. The maximum absolute atomic E-state index is 13.2. The Morgan fingerprint density at radius 2 is 1.82 bits per heavy atom. The number of hydrogen-bond donors (Lipinski definition) is 1. The van der Waals surface area contributed by atoms with Gasteiger partial charge in [0.05, 0.1) is 11.9 Å². The van der Waals surface area contributed by atoms with Crippen LogP contribution < -0.4 is 10.6 Å². The zero-order chi connectivity index (χ0) is 19.9. The summed E-state index contributed by atoms with van der Waals surface area (Å²) >= 11 is 0. The molecule has 0 spiro atoms. The van der Waals surface area contributed by atoms with E-state index in [0.717, 1.165) is 11.3 Å². The number of para-hydroxylation sites is 1. The number of benzene rings is 2. The van der Waals surface area contributed by atoms with E-state index in [4.69, 9.17) is 5.73 Å². The number of carbonyl (C=O) groups is 2. The number of nitrogens with zero attached hydrogens (tertiary/aromatic N) is 3. The van der Waals surface area contributed by atoms with Gasteiger partial charge in [0.2, 0.25) is 5.91 Å². The van der Waals surface area contributed by atoms with Gasteiger partial charge in [-0.15, -0.1) is 0 Å². The number of hydrogen-bond acceptors (Lipinski definition) is 3. The van der Waals surface area contributed by atoms with Gasteiger partial charge in [-0.25, -0.2) is 9.07 Å². The highest BCUT2D eigenvalue weighted by Gasteiger charge is 2.14. The lowest BCUT2D eigenvalue weighted by molar-refractivity contribution is -0.118. The lowest BCUT2D eigenvalue weighted by Crippen LogP contribution is -2.32. The van der Waals surface area contributed by atoms with Gasteiger partial charge < -0.3 is 10.6 Å². The zero-order valence-electron chi connectivity index (χ0n) is 15.0. The molecule has 0 aliphatic rings. The van der Waals surface area contributed by atoms with E-state index < -0.39 is 11.7 Å². The minimum absolute atomic E-state index is 0.00287. The molecular weight excluding hydrogens is 359 g/mol. The van der Waals surface area contributed by atoms with Crippen molar-refractivity contribution >= 4 is 23.6 Å². The zero-order valence-corrected chi connectivity index (χ0v) is 15.0. The minimum Gasteiger partial charge on any atom is -0.370 e. The molecule has 6 nitrogen and oxygen atoms in total. The van der Waals surface area contributed by atoms with Gasteiger partial charge >= 0.3 is 0 Å². The van der Waals surface area contributed by atoms with E-state index in [1.807, 2.05) is 30.3 Å². The lowest BCUT2D eigenvalue weighted by Gasteiger charge is -2.20. The van der Waals surface area contributed by atoms with Gasteiger partial charge in [-0.3, -0.25) is 9.59 Å². The molecule has 3 aromatic rings. The highest BCUT2D eigenvalue weighted by molar-refractivity contribution is 6.04. The van der Waals surface area contributed by atoms with Crippen LogP contribution in [0.4, 0.5) is 10.1 Å². The predicted molar refractivity (Wildman–Crippen MR) is 105 cm³/mol. The Morgan fingerprint density at radius 3 is 2.50 bits per heavy atom. The van der Waals surface area contributed by atoms with Crippen molar-refractivity contribution in [3.05, 3.63) is 84.4 Å². The van der Waals surface area contributed by atoms with Crippen LogP contribution in [0.25, 0.3) is 11.8 Å². The van der Waals surface area contributed by atoms with E-state index in [1.165, 1.54) is 35.2 Å². The fraction of sp³-hybridized carbons (Fsp3) is 0.0952. The molecule has 3 rings (SSSR count). The van der Waals surface area contributed by atoms with E-state index in [-0.39, 0.29) is 18.9 Å². The monoisotopic (exact) mass is 378 g/mol. The second-order valence-corrected chi connectivity index (χ2v) is 6.07. The first-order valence-electron chi connectivity index (χ1n) is 8.66. The molecule has 0 unspecified atom stereocenters. The van der Waals surface area contributed by atoms with Gasteiger partial charge in [0.1, 0.15) is 5.82 Å². The van der Waals surface area contributed by atoms with Crippen molar-refractivity contribution in [1.29, 1.82) is 0 Å². The molecule has 0 aliphatic heterocycles. The summed E-state index contributed by atoms with van der Waals surface area (Å²) in [5.74, 6) is -1.27. The van der Waals surface area contributed by atoms with Crippen molar-refractivity contribution in [2.75, 3.05) is 11.4 Å². The number of aromatic nitrogens is 2. The maximum Gasteiger partial charge on any atom is 0.251 e. The normalized spacial score (nSPS) is 10.9. The smallest absolute Gasteiger partial charge is 0.251 e. The standard InChI is InChI=1S/C21H19FN4O2/c22-17-7-9-18(10-8-17)25(13-12-20(23)27)21(28)11-6-16-14-24-26(15-16)19-4-2-1-3-5-19/h1-11,14-15H,12-13H2,(H2,23,27)/b11-6+. The van der Waals surface area contributed by atoms with Crippen LogP contribution in [-0.2, 0) is 9.59 Å². The van der Waals surface area contributed by atoms with E-state index in [0.29, 0.717) is 5.69 Å². The molecule has 1 heterocycles. The first kappa shape index (κ1) is 19.0. The van der Waals surface area contributed by atoms with Crippen molar-refractivity contribution in [3.8, 4) is 5.69 Å². The Balaban J connectivity index is 1.76. The molecule has 0 bridgehead atoms. The average molecular weight is 378 g/mol. The third-order valence-electron chi connectivity index (χ3n) is 4.03.